The van der Waals surface area contributed by atoms with E-state index in [4.69, 9.17) is 4.74 Å². The number of methoxy groups -OCH3 is 1. The minimum absolute atomic E-state index is 0.000369. The Hall–Kier alpha value is -1.09. The van der Waals surface area contributed by atoms with Crippen LogP contribution in [0.5, 0.6) is 5.75 Å². The molecular formula is C10H14BNO5S. The van der Waals surface area contributed by atoms with E-state index in [1.54, 1.807) is 0 Å². The molecule has 0 unspecified atom stereocenters. The predicted octanol–water partition coefficient (Wildman–Crippen LogP) is -1.18. The zero-order valence-corrected chi connectivity index (χ0v) is 10.6. The summed E-state index contributed by atoms with van der Waals surface area (Å²) in [5, 5.41) is 18.4. The monoisotopic (exact) mass is 271 g/mol. The lowest BCUT2D eigenvalue weighted by atomic mass is 9.79. The molecule has 1 aromatic rings. The summed E-state index contributed by atoms with van der Waals surface area (Å²) in [5.74, 6) is 0.232. The van der Waals surface area contributed by atoms with Gasteiger partial charge in [-0.1, -0.05) is 0 Å². The molecule has 0 saturated heterocycles. The van der Waals surface area contributed by atoms with Gasteiger partial charge >= 0.3 is 7.12 Å². The highest BCUT2D eigenvalue weighted by atomic mass is 32.2. The summed E-state index contributed by atoms with van der Waals surface area (Å²) in [6.07, 6.45) is 1.68. The number of hydrogen-bond acceptors (Lipinski definition) is 5. The molecule has 0 aliphatic heterocycles. The average Bonchev–Trinajstić information content (AvgIpc) is 3.11. The Morgan fingerprint density at radius 1 is 1.39 bits per heavy atom. The van der Waals surface area contributed by atoms with Crippen LogP contribution >= 0.6 is 0 Å². The smallest absolute Gasteiger partial charge is 0.492 e. The lowest BCUT2D eigenvalue weighted by Gasteiger charge is -2.11. The molecule has 3 N–H and O–H groups in total. The zero-order valence-electron chi connectivity index (χ0n) is 9.83. The minimum atomic E-state index is -3.61. The van der Waals surface area contributed by atoms with Crippen molar-refractivity contribution in [1.29, 1.82) is 0 Å². The molecule has 1 saturated carbocycles. The first-order chi connectivity index (χ1) is 8.44. The summed E-state index contributed by atoms with van der Waals surface area (Å²) in [7, 11) is -4.01. The predicted molar refractivity (Wildman–Crippen MR) is 66.2 cm³/mol. The quantitative estimate of drug-likeness (QED) is 0.586. The Morgan fingerprint density at radius 2 is 2.06 bits per heavy atom. The van der Waals surface area contributed by atoms with Gasteiger partial charge in [-0.25, -0.2) is 13.1 Å². The third kappa shape index (κ3) is 2.84. The van der Waals surface area contributed by atoms with Crippen molar-refractivity contribution in [3.63, 3.8) is 0 Å². The van der Waals surface area contributed by atoms with Gasteiger partial charge in [-0.3, -0.25) is 0 Å². The summed E-state index contributed by atoms with van der Waals surface area (Å²) in [5.41, 5.74) is 0.0242. The van der Waals surface area contributed by atoms with Crippen molar-refractivity contribution in [3.05, 3.63) is 18.2 Å². The first kappa shape index (κ1) is 13.3. The number of ether oxygens (including phenoxy) is 1. The van der Waals surface area contributed by atoms with Gasteiger partial charge in [0.15, 0.2) is 0 Å². The highest BCUT2D eigenvalue weighted by Crippen LogP contribution is 2.22. The molecule has 1 aliphatic carbocycles. The normalized spacial score (nSPS) is 15.5. The van der Waals surface area contributed by atoms with Crippen molar-refractivity contribution in [3.8, 4) is 5.75 Å². The highest BCUT2D eigenvalue weighted by molar-refractivity contribution is 7.89. The van der Waals surface area contributed by atoms with Crippen LogP contribution in [0.15, 0.2) is 23.1 Å². The molecule has 0 amide bonds. The Kier molecular flexibility index (Phi) is 3.62. The van der Waals surface area contributed by atoms with Gasteiger partial charge in [-0.2, -0.15) is 0 Å². The minimum Gasteiger partial charge on any atom is -0.497 e. The standard InChI is InChI=1S/C10H14BNO5S/c1-17-10-5-4-8(6-9(10)11(13)14)18(15,16)12-7-2-3-7/h4-7,12-14H,2-3H2,1H3. The summed E-state index contributed by atoms with van der Waals surface area (Å²) in [6.45, 7) is 0. The lowest BCUT2D eigenvalue weighted by molar-refractivity contribution is 0.403. The van der Waals surface area contributed by atoms with E-state index in [9.17, 15) is 18.5 Å². The maximum Gasteiger partial charge on any atom is 0.492 e. The number of benzene rings is 1. The molecule has 1 fully saturated rings. The number of hydrogen-bond donors (Lipinski definition) is 3. The number of sulfonamides is 1. The first-order valence-electron chi connectivity index (χ1n) is 5.50. The molecule has 8 heteroatoms. The van der Waals surface area contributed by atoms with Crippen LogP contribution in [0.25, 0.3) is 0 Å². The van der Waals surface area contributed by atoms with Gasteiger partial charge < -0.3 is 14.8 Å². The van der Waals surface area contributed by atoms with E-state index in [1.807, 2.05) is 0 Å². The third-order valence-corrected chi connectivity index (χ3v) is 4.21. The molecular weight excluding hydrogens is 257 g/mol. The van der Waals surface area contributed by atoms with Crippen molar-refractivity contribution in [1.82, 2.24) is 4.72 Å². The van der Waals surface area contributed by atoms with Crippen LogP contribution in [0.4, 0.5) is 0 Å². The molecule has 1 aliphatic rings. The van der Waals surface area contributed by atoms with Crippen LogP contribution in [-0.4, -0.2) is 38.7 Å². The largest absolute Gasteiger partial charge is 0.497 e. The Labute approximate surface area is 106 Å². The molecule has 0 spiro atoms. The van der Waals surface area contributed by atoms with Crippen molar-refractivity contribution in [2.75, 3.05) is 7.11 Å². The molecule has 98 valence electrons. The van der Waals surface area contributed by atoms with E-state index >= 15 is 0 Å². The Balaban J connectivity index is 2.36. The molecule has 1 aromatic carbocycles. The maximum atomic E-state index is 11.9. The van der Waals surface area contributed by atoms with Gasteiger partial charge in [0.2, 0.25) is 10.0 Å². The van der Waals surface area contributed by atoms with Gasteiger partial charge in [0.25, 0.3) is 0 Å². The zero-order chi connectivity index (χ0) is 13.3. The maximum absolute atomic E-state index is 11.9. The molecule has 0 bridgehead atoms. The van der Waals surface area contributed by atoms with Crippen LogP contribution in [0.1, 0.15) is 12.8 Å². The second-order valence-electron chi connectivity index (χ2n) is 4.17. The van der Waals surface area contributed by atoms with Crippen LogP contribution in [-0.2, 0) is 10.0 Å². The van der Waals surface area contributed by atoms with Crippen LogP contribution in [0, 0.1) is 0 Å². The number of nitrogens with one attached hydrogen (secondary N) is 1. The van der Waals surface area contributed by atoms with Gasteiger partial charge in [0.1, 0.15) is 5.75 Å². The van der Waals surface area contributed by atoms with E-state index in [-0.39, 0.29) is 22.1 Å². The average molecular weight is 271 g/mol. The van der Waals surface area contributed by atoms with Gasteiger partial charge in [-0.15, -0.1) is 0 Å². The molecule has 0 heterocycles. The third-order valence-electron chi connectivity index (χ3n) is 2.69. The second kappa shape index (κ2) is 4.89. The SMILES string of the molecule is COc1ccc(S(=O)(=O)NC2CC2)cc1B(O)O. The van der Waals surface area contributed by atoms with E-state index in [2.05, 4.69) is 4.72 Å². The van der Waals surface area contributed by atoms with Crippen LogP contribution in [0.3, 0.4) is 0 Å². The summed E-state index contributed by atoms with van der Waals surface area (Å²) >= 11 is 0. The van der Waals surface area contributed by atoms with E-state index in [0.717, 1.165) is 12.8 Å². The van der Waals surface area contributed by atoms with Crippen LogP contribution in [0.2, 0.25) is 0 Å². The van der Waals surface area contributed by atoms with Crippen molar-refractivity contribution < 1.29 is 23.2 Å². The molecule has 0 radical (unpaired) electrons. The summed E-state index contributed by atoms with van der Waals surface area (Å²) < 4.78 is 31.3. The fraction of sp³-hybridized carbons (Fsp3) is 0.400. The topological polar surface area (TPSA) is 95.9 Å². The van der Waals surface area contributed by atoms with E-state index in [0.29, 0.717) is 0 Å². The first-order valence-corrected chi connectivity index (χ1v) is 6.99. The van der Waals surface area contributed by atoms with Crippen molar-refractivity contribution in [2.45, 2.75) is 23.8 Å². The van der Waals surface area contributed by atoms with Crippen LogP contribution < -0.4 is 14.9 Å². The molecule has 0 aromatic heterocycles. The molecule has 18 heavy (non-hydrogen) atoms. The summed E-state index contributed by atoms with van der Waals surface area (Å²) in [6, 6.07) is 3.97. The Morgan fingerprint density at radius 3 is 2.56 bits per heavy atom. The number of rotatable bonds is 5. The van der Waals surface area contributed by atoms with Gasteiger partial charge in [0, 0.05) is 11.5 Å². The summed E-state index contributed by atoms with van der Waals surface area (Å²) in [4.78, 5) is -0.00157. The fourth-order valence-corrected chi connectivity index (χ4v) is 2.91. The molecule has 0 atom stereocenters. The molecule has 2 rings (SSSR count). The van der Waals surface area contributed by atoms with E-state index in [1.165, 1.54) is 25.3 Å². The fourth-order valence-electron chi connectivity index (χ4n) is 1.57. The second-order valence-corrected chi connectivity index (χ2v) is 5.89. The highest BCUT2D eigenvalue weighted by Gasteiger charge is 2.29. The van der Waals surface area contributed by atoms with Crippen molar-refractivity contribution >= 4 is 22.6 Å². The van der Waals surface area contributed by atoms with Gasteiger partial charge in [0.05, 0.1) is 12.0 Å². The van der Waals surface area contributed by atoms with E-state index < -0.39 is 17.1 Å². The lowest BCUT2D eigenvalue weighted by Crippen LogP contribution is -2.33. The van der Waals surface area contributed by atoms with Gasteiger partial charge in [-0.05, 0) is 31.0 Å². The Bertz CT molecular complexity index is 541. The van der Waals surface area contributed by atoms with Crippen molar-refractivity contribution in [2.24, 2.45) is 0 Å². The molecule has 6 nitrogen and oxygen atoms in total.